The second-order valence-electron chi connectivity index (χ2n) is 3.66. The fourth-order valence-corrected chi connectivity index (χ4v) is 0.878. The zero-order chi connectivity index (χ0) is 9.90. The number of nitrogens with two attached hydrogens (primary N) is 1. The molecule has 0 aromatic carbocycles. The van der Waals surface area contributed by atoms with Crippen molar-refractivity contribution in [3.8, 4) is 0 Å². The Balaban J connectivity index is 2.74. The number of nitrogens with one attached hydrogen (secondary N) is 1. The Morgan fingerprint density at radius 1 is 1.54 bits per heavy atom. The van der Waals surface area contributed by atoms with E-state index in [1.54, 1.807) is 6.20 Å². The standard InChI is InChI=1S/C9H16N4/c1-4-9(2,3)13-7-5-6-11-8(10)12-7/h5-6H,4H2,1-3H3,(H3,10,11,12,13). The summed E-state index contributed by atoms with van der Waals surface area (Å²) in [5.74, 6) is 1.08. The summed E-state index contributed by atoms with van der Waals surface area (Å²) < 4.78 is 0. The third-order valence-electron chi connectivity index (χ3n) is 2.02. The first kappa shape index (κ1) is 9.77. The van der Waals surface area contributed by atoms with Gasteiger partial charge in [-0.2, -0.15) is 4.98 Å². The van der Waals surface area contributed by atoms with Crippen LogP contribution in [-0.4, -0.2) is 15.5 Å². The van der Waals surface area contributed by atoms with Crippen LogP contribution in [0.4, 0.5) is 11.8 Å². The molecule has 13 heavy (non-hydrogen) atoms. The van der Waals surface area contributed by atoms with Gasteiger partial charge in [-0.25, -0.2) is 4.98 Å². The predicted octanol–water partition coefficient (Wildman–Crippen LogP) is 1.66. The molecule has 0 radical (unpaired) electrons. The second kappa shape index (κ2) is 3.60. The molecule has 0 fully saturated rings. The minimum atomic E-state index is 0.0425. The lowest BCUT2D eigenvalue weighted by Gasteiger charge is -2.24. The lowest BCUT2D eigenvalue weighted by Crippen LogP contribution is -2.30. The third-order valence-corrected chi connectivity index (χ3v) is 2.02. The predicted molar refractivity (Wildman–Crippen MR) is 54.4 cm³/mol. The molecule has 0 aliphatic rings. The molecule has 0 saturated carbocycles. The van der Waals surface area contributed by atoms with E-state index in [1.165, 1.54) is 0 Å². The van der Waals surface area contributed by atoms with Gasteiger partial charge in [0.1, 0.15) is 5.82 Å². The van der Waals surface area contributed by atoms with Crippen molar-refractivity contribution in [2.24, 2.45) is 0 Å². The summed E-state index contributed by atoms with van der Waals surface area (Å²) in [6.07, 6.45) is 2.67. The van der Waals surface area contributed by atoms with Crippen LogP contribution in [0.3, 0.4) is 0 Å². The second-order valence-corrected chi connectivity index (χ2v) is 3.66. The van der Waals surface area contributed by atoms with Crippen molar-refractivity contribution >= 4 is 11.8 Å². The van der Waals surface area contributed by atoms with Crippen molar-refractivity contribution in [2.45, 2.75) is 32.7 Å². The topological polar surface area (TPSA) is 63.8 Å². The summed E-state index contributed by atoms with van der Waals surface area (Å²) in [5, 5.41) is 3.28. The normalized spacial score (nSPS) is 11.3. The molecule has 1 rings (SSSR count). The van der Waals surface area contributed by atoms with Gasteiger partial charge in [-0.15, -0.1) is 0 Å². The minimum Gasteiger partial charge on any atom is -0.368 e. The first-order valence-electron chi connectivity index (χ1n) is 4.40. The van der Waals surface area contributed by atoms with Gasteiger partial charge < -0.3 is 11.1 Å². The number of aromatic nitrogens is 2. The first-order valence-corrected chi connectivity index (χ1v) is 4.40. The summed E-state index contributed by atoms with van der Waals surface area (Å²) in [4.78, 5) is 7.88. The molecular formula is C9H16N4. The molecule has 0 unspecified atom stereocenters. The van der Waals surface area contributed by atoms with Crippen LogP contribution in [-0.2, 0) is 0 Å². The minimum absolute atomic E-state index is 0.0425. The molecule has 1 aromatic rings. The van der Waals surface area contributed by atoms with E-state index in [1.807, 2.05) is 6.07 Å². The SMILES string of the molecule is CCC(C)(C)Nc1ccnc(N)n1. The molecule has 0 saturated heterocycles. The van der Waals surface area contributed by atoms with Gasteiger partial charge in [-0.05, 0) is 26.3 Å². The molecular weight excluding hydrogens is 164 g/mol. The maximum absolute atomic E-state index is 5.46. The smallest absolute Gasteiger partial charge is 0.221 e. The van der Waals surface area contributed by atoms with Gasteiger partial charge in [-0.1, -0.05) is 6.92 Å². The van der Waals surface area contributed by atoms with Gasteiger partial charge >= 0.3 is 0 Å². The number of hydrogen-bond donors (Lipinski definition) is 2. The van der Waals surface area contributed by atoms with E-state index in [0.717, 1.165) is 12.2 Å². The van der Waals surface area contributed by atoms with E-state index in [4.69, 9.17) is 5.73 Å². The highest BCUT2D eigenvalue weighted by Crippen LogP contribution is 2.15. The van der Waals surface area contributed by atoms with E-state index in [9.17, 15) is 0 Å². The number of rotatable bonds is 3. The van der Waals surface area contributed by atoms with Crippen molar-refractivity contribution < 1.29 is 0 Å². The highest BCUT2D eigenvalue weighted by molar-refractivity contribution is 5.39. The molecule has 1 heterocycles. The summed E-state index contributed by atoms with van der Waals surface area (Å²) in [6, 6.07) is 1.81. The van der Waals surface area contributed by atoms with Crippen molar-refractivity contribution in [1.29, 1.82) is 0 Å². The Kier molecular flexibility index (Phi) is 2.70. The quantitative estimate of drug-likeness (QED) is 0.742. The molecule has 0 aliphatic carbocycles. The lowest BCUT2D eigenvalue weighted by molar-refractivity contribution is 0.545. The van der Waals surface area contributed by atoms with Gasteiger partial charge in [0.2, 0.25) is 5.95 Å². The molecule has 0 atom stereocenters. The molecule has 0 amide bonds. The Labute approximate surface area is 78.6 Å². The van der Waals surface area contributed by atoms with E-state index < -0.39 is 0 Å². The zero-order valence-electron chi connectivity index (χ0n) is 8.33. The van der Waals surface area contributed by atoms with Crippen LogP contribution in [0.5, 0.6) is 0 Å². The Bertz CT molecular complexity index is 283. The molecule has 1 aromatic heterocycles. The molecule has 0 bridgehead atoms. The number of hydrogen-bond acceptors (Lipinski definition) is 4. The van der Waals surface area contributed by atoms with Crippen LogP contribution in [0.25, 0.3) is 0 Å². The van der Waals surface area contributed by atoms with Gasteiger partial charge in [0.25, 0.3) is 0 Å². The maximum atomic E-state index is 5.46. The highest BCUT2D eigenvalue weighted by Gasteiger charge is 2.14. The maximum Gasteiger partial charge on any atom is 0.221 e. The summed E-state index contributed by atoms with van der Waals surface area (Å²) in [6.45, 7) is 6.36. The van der Waals surface area contributed by atoms with Gasteiger partial charge in [0.05, 0.1) is 0 Å². The third kappa shape index (κ3) is 2.89. The average Bonchev–Trinajstić information content (AvgIpc) is 2.03. The Morgan fingerprint density at radius 3 is 2.77 bits per heavy atom. The van der Waals surface area contributed by atoms with E-state index in [2.05, 4.69) is 36.1 Å². The highest BCUT2D eigenvalue weighted by atomic mass is 15.1. The van der Waals surface area contributed by atoms with Crippen LogP contribution in [0.15, 0.2) is 12.3 Å². The van der Waals surface area contributed by atoms with Crippen molar-refractivity contribution in [2.75, 3.05) is 11.1 Å². The lowest BCUT2D eigenvalue weighted by atomic mass is 10.0. The van der Waals surface area contributed by atoms with Crippen LogP contribution in [0.2, 0.25) is 0 Å². The fourth-order valence-electron chi connectivity index (χ4n) is 0.878. The Hall–Kier alpha value is -1.32. The molecule has 4 heteroatoms. The Morgan fingerprint density at radius 2 is 2.23 bits per heavy atom. The average molecular weight is 180 g/mol. The molecule has 0 spiro atoms. The zero-order valence-corrected chi connectivity index (χ0v) is 8.33. The molecule has 0 aliphatic heterocycles. The monoisotopic (exact) mass is 180 g/mol. The molecule has 4 nitrogen and oxygen atoms in total. The first-order chi connectivity index (χ1) is 6.03. The molecule has 3 N–H and O–H groups in total. The van der Waals surface area contributed by atoms with E-state index in [-0.39, 0.29) is 5.54 Å². The van der Waals surface area contributed by atoms with Crippen molar-refractivity contribution in [1.82, 2.24) is 9.97 Å². The summed E-state index contributed by atoms with van der Waals surface area (Å²) >= 11 is 0. The van der Waals surface area contributed by atoms with Crippen LogP contribution in [0, 0.1) is 0 Å². The van der Waals surface area contributed by atoms with Crippen LogP contribution >= 0.6 is 0 Å². The van der Waals surface area contributed by atoms with Crippen molar-refractivity contribution in [3.63, 3.8) is 0 Å². The van der Waals surface area contributed by atoms with Crippen molar-refractivity contribution in [3.05, 3.63) is 12.3 Å². The van der Waals surface area contributed by atoms with Gasteiger partial charge in [0.15, 0.2) is 0 Å². The summed E-state index contributed by atoms with van der Waals surface area (Å²) in [5.41, 5.74) is 5.50. The molecule has 72 valence electrons. The number of nitrogen functional groups attached to an aromatic ring is 1. The summed E-state index contributed by atoms with van der Waals surface area (Å²) in [7, 11) is 0. The number of nitrogens with zero attached hydrogens (tertiary/aromatic N) is 2. The number of anilines is 2. The van der Waals surface area contributed by atoms with E-state index in [0.29, 0.717) is 5.95 Å². The van der Waals surface area contributed by atoms with Gasteiger partial charge in [0, 0.05) is 11.7 Å². The van der Waals surface area contributed by atoms with Crippen LogP contribution in [0.1, 0.15) is 27.2 Å². The largest absolute Gasteiger partial charge is 0.368 e. The van der Waals surface area contributed by atoms with E-state index >= 15 is 0 Å². The fraction of sp³-hybridized carbons (Fsp3) is 0.556. The van der Waals surface area contributed by atoms with Crippen LogP contribution < -0.4 is 11.1 Å². The van der Waals surface area contributed by atoms with Gasteiger partial charge in [-0.3, -0.25) is 0 Å².